The molecule has 2 aliphatic rings. The summed E-state index contributed by atoms with van der Waals surface area (Å²) in [5, 5.41) is 0. The van der Waals surface area contributed by atoms with Crippen molar-refractivity contribution in [1.82, 2.24) is 9.80 Å². The van der Waals surface area contributed by atoms with Crippen LogP contribution in [0.1, 0.15) is 80.1 Å². The highest BCUT2D eigenvalue weighted by molar-refractivity contribution is 8.01. The molecule has 3 aromatic carbocycles. The smallest absolute Gasteiger partial charge is 0.309 e. The number of hydrogen-bond donors (Lipinski definition) is 0. The van der Waals surface area contributed by atoms with E-state index in [9.17, 15) is 23.7 Å². The number of hydrogen-bond acceptors (Lipinski definition) is 8. The average Bonchev–Trinajstić information content (AvgIpc) is 3.41. The molecule has 2 heterocycles. The maximum Gasteiger partial charge on any atom is 0.333 e. The molecule has 0 N–H and O–H groups in total. The van der Waals surface area contributed by atoms with Gasteiger partial charge in [0, 0.05) is 11.4 Å². The van der Waals surface area contributed by atoms with Gasteiger partial charge in [-0.1, -0.05) is 53.7 Å². The van der Waals surface area contributed by atoms with Crippen molar-refractivity contribution >= 4 is 43.0 Å². The van der Waals surface area contributed by atoms with Gasteiger partial charge in [0.25, 0.3) is 23.6 Å². The van der Waals surface area contributed by atoms with Crippen molar-refractivity contribution in [2.45, 2.75) is 49.8 Å². The minimum atomic E-state index is -3.80. The van der Waals surface area contributed by atoms with E-state index in [1.165, 1.54) is 21.6 Å². The fourth-order valence-corrected chi connectivity index (χ4v) is 9.61. The van der Waals surface area contributed by atoms with Crippen molar-refractivity contribution < 1.29 is 32.8 Å². The molecule has 0 spiro atoms. The molecule has 0 bridgehead atoms. The van der Waals surface area contributed by atoms with Crippen LogP contribution in [0.3, 0.4) is 0 Å². The van der Waals surface area contributed by atoms with E-state index in [0.717, 1.165) is 10.5 Å². The lowest BCUT2D eigenvalue weighted by Crippen LogP contribution is -2.52. The molecule has 5 rings (SSSR count). The van der Waals surface area contributed by atoms with Crippen molar-refractivity contribution in [3.05, 3.63) is 101 Å². The fourth-order valence-electron chi connectivity index (χ4n) is 5.71. The zero-order valence-electron chi connectivity index (χ0n) is 25.0. The molecule has 4 amide bonds. The van der Waals surface area contributed by atoms with Gasteiger partial charge in [0.2, 0.25) is 0 Å². The SMILES string of the molecule is CCOP(=O)(CC(CCCCN1C(=O)c2ccccc2C1=O)(Sc1ccc(C)cc1)N1C(=O)c2ccccc2C1=O)OCC. The van der Waals surface area contributed by atoms with Gasteiger partial charge in [0.15, 0.2) is 0 Å². The molecule has 11 heteroatoms. The van der Waals surface area contributed by atoms with Gasteiger partial charge in [-0.15, -0.1) is 0 Å². The molecule has 1 atom stereocenters. The molecule has 230 valence electrons. The fraction of sp³-hybridized carbons (Fsp3) is 0.333. The zero-order chi connectivity index (χ0) is 31.5. The average molecular weight is 635 g/mol. The lowest BCUT2D eigenvalue weighted by molar-refractivity contribution is 0.0551. The summed E-state index contributed by atoms with van der Waals surface area (Å²) in [6.07, 6.45) is 0.777. The van der Waals surface area contributed by atoms with Crippen molar-refractivity contribution in [2.75, 3.05) is 25.9 Å². The molecule has 9 nitrogen and oxygen atoms in total. The van der Waals surface area contributed by atoms with Gasteiger partial charge in [-0.25, -0.2) is 0 Å². The topological polar surface area (TPSA) is 110 Å². The van der Waals surface area contributed by atoms with Gasteiger partial charge < -0.3 is 9.05 Å². The summed E-state index contributed by atoms with van der Waals surface area (Å²) >= 11 is 1.28. The van der Waals surface area contributed by atoms with Crippen LogP contribution in [0, 0.1) is 6.92 Å². The monoisotopic (exact) mass is 634 g/mol. The number of nitrogens with zero attached hydrogens (tertiary/aromatic N) is 2. The Labute approximate surface area is 261 Å². The first-order valence-corrected chi connectivity index (χ1v) is 17.2. The van der Waals surface area contributed by atoms with Crippen LogP contribution in [-0.2, 0) is 13.6 Å². The molecule has 2 aliphatic heterocycles. The molecule has 0 radical (unpaired) electrons. The molecule has 0 saturated carbocycles. The third kappa shape index (κ3) is 6.17. The molecule has 0 aliphatic carbocycles. The van der Waals surface area contributed by atoms with E-state index in [1.54, 1.807) is 62.4 Å². The van der Waals surface area contributed by atoms with Gasteiger partial charge >= 0.3 is 7.60 Å². The first-order valence-electron chi connectivity index (χ1n) is 14.7. The largest absolute Gasteiger partial charge is 0.333 e. The summed E-state index contributed by atoms with van der Waals surface area (Å²) in [7, 11) is -3.80. The number of carbonyl (C=O) groups excluding carboxylic acids is 4. The predicted octanol–water partition coefficient (Wildman–Crippen LogP) is 6.81. The molecule has 3 aromatic rings. The van der Waals surface area contributed by atoms with E-state index in [1.807, 2.05) is 31.2 Å². The highest BCUT2D eigenvalue weighted by atomic mass is 32.2. The number of rotatable bonds is 14. The molecule has 0 saturated heterocycles. The predicted molar refractivity (Wildman–Crippen MR) is 168 cm³/mol. The van der Waals surface area contributed by atoms with Crippen LogP contribution in [0.2, 0.25) is 0 Å². The Hall–Kier alpha value is -3.56. The van der Waals surface area contributed by atoms with Crippen LogP contribution >= 0.6 is 19.4 Å². The van der Waals surface area contributed by atoms with E-state index < -0.39 is 24.3 Å². The second-order valence-corrected chi connectivity index (χ2v) is 14.2. The summed E-state index contributed by atoms with van der Waals surface area (Å²) in [6, 6.07) is 21.0. The molecule has 0 fully saturated rings. The Bertz CT molecular complexity index is 1560. The van der Waals surface area contributed by atoms with Crippen LogP contribution in [0.4, 0.5) is 0 Å². The van der Waals surface area contributed by atoms with E-state index in [-0.39, 0.29) is 55.3 Å². The highest BCUT2D eigenvalue weighted by Gasteiger charge is 2.53. The zero-order valence-corrected chi connectivity index (χ0v) is 26.7. The Balaban J connectivity index is 1.50. The molecular weight excluding hydrogens is 599 g/mol. The van der Waals surface area contributed by atoms with E-state index in [2.05, 4.69) is 0 Å². The Morgan fingerprint density at radius 3 is 1.66 bits per heavy atom. The van der Waals surface area contributed by atoms with Gasteiger partial charge in [-0.3, -0.25) is 33.5 Å². The number of unbranched alkanes of at least 4 members (excludes halogenated alkanes) is 1. The number of amides is 4. The summed E-state index contributed by atoms with van der Waals surface area (Å²) in [5.74, 6) is -1.65. The Kier molecular flexibility index (Phi) is 9.56. The molecule has 1 unspecified atom stereocenters. The van der Waals surface area contributed by atoms with E-state index >= 15 is 0 Å². The number of imide groups is 2. The molecule has 0 aromatic heterocycles. The number of carbonyl (C=O) groups is 4. The van der Waals surface area contributed by atoms with Gasteiger partial charge in [0.1, 0.15) is 4.87 Å². The Morgan fingerprint density at radius 1 is 0.705 bits per heavy atom. The van der Waals surface area contributed by atoms with E-state index in [0.29, 0.717) is 24.0 Å². The van der Waals surface area contributed by atoms with Crippen LogP contribution < -0.4 is 0 Å². The van der Waals surface area contributed by atoms with Crippen LogP contribution in [0.5, 0.6) is 0 Å². The van der Waals surface area contributed by atoms with Crippen LogP contribution in [-0.4, -0.2) is 64.2 Å². The van der Waals surface area contributed by atoms with Crippen molar-refractivity contribution in [3.63, 3.8) is 0 Å². The summed E-state index contributed by atoms with van der Waals surface area (Å²) in [4.78, 5) is 55.7. The van der Waals surface area contributed by atoms with Gasteiger partial charge in [-0.05, 0) is 76.4 Å². The minimum absolute atomic E-state index is 0.115. The van der Waals surface area contributed by atoms with Gasteiger partial charge in [0.05, 0.1) is 41.6 Å². The Morgan fingerprint density at radius 2 is 1.18 bits per heavy atom. The molecular formula is C33H35N2O7PS. The first kappa shape index (κ1) is 31.9. The number of fused-ring (bicyclic) bond motifs is 2. The van der Waals surface area contributed by atoms with Crippen LogP contribution in [0.15, 0.2) is 77.7 Å². The maximum atomic E-state index is 14.2. The normalized spacial score (nSPS) is 16.0. The van der Waals surface area contributed by atoms with Crippen molar-refractivity contribution in [3.8, 4) is 0 Å². The molecule has 44 heavy (non-hydrogen) atoms. The number of thioether (sulfide) groups is 1. The van der Waals surface area contributed by atoms with Crippen molar-refractivity contribution in [2.24, 2.45) is 0 Å². The highest BCUT2D eigenvalue weighted by Crippen LogP contribution is 2.57. The summed E-state index contributed by atoms with van der Waals surface area (Å²) < 4.78 is 25.6. The lowest BCUT2D eigenvalue weighted by Gasteiger charge is -2.41. The number of aryl methyl sites for hydroxylation is 1. The second kappa shape index (κ2) is 13.2. The van der Waals surface area contributed by atoms with Gasteiger partial charge in [-0.2, -0.15) is 0 Å². The van der Waals surface area contributed by atoms with E-state index in [4.69, 9.17) is 9.05 Å². The standard InChI is InChI=1S/C33H35N2O7PS/c1-4-41-43(40,42-5-2)22-33(44-24-18-16-23(3)17-19-24,35-31(38)27-14-8-9-15-28(27)32(35)39)20-10-11-21-34-29(36)25-12-6-7-13-26(25)30(34)37/h6-9,12-19H,4-5,10-11,20-22H2,1-3H3. The number of benzene rings is 3. The second-order valence-electron chi connectivity index (χ2n) is 10.7. The minimum Gasteiger partial charge on any atom is -0.309 e. The van der Waals surface area contributed by atoms with Crippen molar-refractivity contribution in [1.29, 1.82) is 0 Å². The third-order valence-corrected chi connectivity index (χ3v) is 11.5. The summed E-state index contributed by atoms with van der Waals surface area (Å²) in [6.45, 7) is 5.78. The maximum absolute atomic E-state index is 14.2. The third-order valence-electron chi connectivity index (χ3n) is 7.70. The quantitative estimate of drug-likeness (QED) is 0.0823. The first-order chi connectivity index (χ1) is 21.1. The summed E-state index contributed by atoms with van der Waals surface area (Å²) in [5.41, 5.74) is 2.35. The van der Waals surface area contributed by atoms with Crippen LogP contribution in [0.25, 0.3) is 0 Å². The lowest BCUT2D eigenvalue weighted by atomic mass is 10.1.